The number of nitrogens with zero attached hydrogens (tertiary/aromatic N) is 2. The molecule has 3 aromatic rings. The molecule has 0 aliphatic rings. The molecule has 3 rings (SSSR count). The number of ether oxygens (including phenoxy) is 1. The highest BCUT2D eigenvalue weighted by molar-refractivity contribution is 5.98. The molecule has 1 amide bonds. The Hall–Kier alpha value is -3.83. The van der Waals surface area contributed by atoms with E-state index < -0.39 is 0 Å². The Kier molecular flexibility index (Phi) is 13.9. The van der Waals surface area contributed by atoms with E-state index in [4.69, 9.17) is 4.74 Å². The second-order valence-corrected chi connectivity index (χ2v) is 10.8. The maximum absolute atomic E-state index is 12.3. The van der Waals surface area contributed by atoms with E-state index in [2.05, 4.69) is 55.1 Å². The number of phenols is 1. The summed E-state index contributed by atoms with van der Waals surface area (Å²) in [5, 5.41) is 9.87. The minimum absolute atomic E-state index is 0.0643. The van der Waals surface area contributed by atoms with Crippen LogP contribution in [0.15, 0.2) is 91.0 Å². The summed E-state index contributed by atoms with van der Waals surface area (Å²) in [6, 6.07) is 26.1. The number of rotatable bonds is 17. The Balaban J connectivity index is 1.55. The molecule has 0 heterocycles. The average molecular weight is 569 g/mol. The highest BCUT2D eigenvalue weighted by Gasteiger charge is 2.13. The van der Waals surface area contributed by atoms with Crippen molar-refractivity contribution in [2.24, 2.45) is 0 Å². The molecule has 1 N–H and O–H groups in total. The molecule has 0 aromatic heterocycles. The fourth-order valence-corrected chi connectivity index (χ4v) is 4.96. The van der Waals surface area contributed by atoms with Crippen molar-refractivity contribution in [1.82, 2.24) is 9.80 Å². The van der Waals surface area contributed by atoms with Crippen LogP contribution in [0.2, 0.25) is 0 Å². The van der Waals surface area contributed by atoms with Crippen LogP contribution in [0, 0.1) is 0 Å². The van der Waals surface area contributed by atoms with E-state index in [1.165, 1.54) is 36.8 Å². The molecule has 0 saturated heterocycles. The van der Waals surface area contributed by atoms with Gasteiger partial charge in [-0.25, -0.2) is 0 Å². The minimum Gasteiger partial charge on any atom is -0.508 e. The maximum Gasteiger partial charge on any atom is 0.246 e. The van der Waals surface area contributed by atoms with Crippen LogP contribution in [0.3, 0.4) is 0 Å². The first kappa shape index (κ1) is 32.7. The molecule has 0 aliphatic heterocycles. The molecule has 0 bridgehead atoms. The lowest BCUT2D eigenvalue weighted by Crippen LogP contribution is -2.27. The van der Waals surface area contributed by atoms with Gasteiger partial charge in [-0.05, 0) is 72.0 Å². The fraction of sp³-hybridized carbons (Fsp3) is 0.378. The van der Waals surface area contributed by atoms with E-state index >= 15 is 0 Å². The molecule has 0 spiro atoms. The van der Waals surface area contributed by atoms with Crippen molar-refractivity contribution in [3.05, 3.63) is 108 Å². The smallest absolute Gasteiger partial charge is 0.246 e. The number of unbranched alkanes of at least 4 members (excludes halogenated alkanes) is 4. The molecule has 42 heavy (non-hydrogen) atoms. The third-order valence-electron chi connectivity index (χ3n) is 7.47. The molecular weight excluding hydrogens is 520 g/mol. The summed E-state index contributed by atoms with van der Waals surface area (Å²) in [7, 11) is 3.91. The number of aromatic hydroxyl groups is 1. The molecule has 5 heteroatoms. The molecule has 5 nitrogen and oxygen atoms in total. The monoisotopic (exact) mass is 568 g/mol. The van der Waals surface area contributed by atoms with Crippen LogP contribution in [0.4, 0.5) is 0 Å². The summed E-state index contributed by atoms with van der Waals surface area (Å²) in [6.07, 6.45) is 10.5. The fourth-order valence-electron chi connectivity index (χ4n) is 4.96. The van der Waals surface area contributed by atoms with Crippen molar-refractivity contribution in [2.75, 3.05) is 40.3 Å². The molecule has 0 atom stereocenters. The standard InChI is InChI=1S/C37H48N2O3/c1-5-7-8-9-13-27-39(4)36(41)17-14-26-38(3)28-29-42-34-24-20-32(21-25-34)37(31-18-22-33(40)23-19-31)35(6-2)30-15-11-10-12-16-30/h10-12,14-25,40H,5-9,13,26-29H2,1-4H3/b17-14+,37-35-. The topological polar surface area (TPSA) is 53.0 Å². The van der Waals surface area contributed by atoms with Gasteiger partial charge < -0.3 is 14.7 Å². The summed E-state index contributed by atoms with van der Waals surface area (Å²) in [4.78, 5) is 16.3. The van der Waals surface area contributed by atoms with Gasteiger partial charge in [0.05, 0.1) is 0 Å². The van der Waals surface area contributed by atoms with E-state index in [-0.39, 0.29) is 11.7 Å². The summed E-state index contributed by atoms with van der Waals surface area (Å²) in [5.74, 6) is 1.14. The predicted molar refractivity (Wildman–Crippen MR) is 176 cm³/mol. The van der Waals surface area contributed by atoms with E-state index in [0.29, 0.717) is 13.2 Å². The summed E-state index contributed by atoms with van der Waals surface area (Å²) < 4.78 is 6.05. The number of phenolic OH excluding ortho intramolecular Hbond substituents is 1. The lowest BCUT2D eigenvalue weighted by Gasteiger charge is -2.18. The average Bonchev–Trinajstić information content (AvgIpc) is 3.01. The van der Waals surface area contributed by atoms with Crippen molar-refractivity contribution in [2.45, 2.75) is 52.4 Å². The number of hydrogen-bond acceptors (Lipinski definition) is 4. The van der Waals surface area contributed by atoms with E-state index in [9.17, 15) is 9.90 Å². The second kappa shape index (κ2) is 17.9. The minimum atomic E-state index is 0.0643. The normalized spacial score (nSPS) is 12.0. The van der Waals surface area contributed by atoms with Crippen molar-refractivity contribution in [3.8, 4) is 11.5 Å². The Morgan fingerprint density at radius 3 is 2.07 bits per heavy atom. The Labute approximate surface area is 253 Å². The van der Waals surface area contributed by atoms with Gasteiger partial charge >= 0.3 is 0 Å². The van der Waals surface area contributed by atoms with E-state index in [1.54, 1.807) is 23.1 Å². The van der Waals surface area contributed by atoms with Gasteiger partial charge in [-0.15, -0.1) is 0 Å². The number of benzene rings is 3. The van der Waals surface area contributed by atoms with Crippen molar-refractivity contribution < 1.29 is 14.6 Å². The van der Waals surface area contributed by atoms with Gasteiger partial charge in [0, 0.05) is 32.8 Å². The molecular formula is C37H48N2O3. The largest absolute Gasteiger partial charge is 0.508 e. The van der Waals surface area contributed by atoms with E-state index in [1.807, 2.05) is 50.5 Å². The van der Waals surface area contributed by atoms with Crippen LogP contribution in [-0.2, 0) is 4.79 Å². The molecule has 0 radical (unpaired) electrons. The molecule has 0 fully saturated rings. The highest BCUT2D eigenvalue weighted by Crippen LogP contribution is 2.35. The van der Waals surface area contributed by atoms with Crippen molar-refractivity contribution in [1.29, 1.82) is 0 Å². The Morgan fingerprint density at radius 1 is 0.786 bits per heavy atom. The predicted octanol–water partition coefficient (Wildman–Crippen LogP) is 8.06. The third kappa shape index (κ3) is 10.5. The van der Waals surface area contributed by atoms with Crippen molar-refractivity contribution >= 4 is 17.1 Å². The number of allylic oxidation sites excluding steroid dienone is 1. The highest BCUT2D eigenvalue weighted by atomic mass is 16.5. The van der Waals surface area contributed by atoms with Crippen molar-refractivity contribution in [3.63, 3.8) is 0 Å². The van der Waals surface area contributed by atoms with Gasteiger partial charge in [0.2, 0.25) is 5.91 Å². The molecule has 3 aromatic carbocycles. The molecule has 0 saturated carbocycles. The summed E-state index contributed by atoms with van der Waals surface area (Å²) in [6.45, 7) is 7.20. The van der Waals surface area contributed by atoms with Crippen LogP contribution < -0.4 is 4.74 Å². The second-order valence-electron chi connectivity index (χ2n) is 10.8. The maximum atomic E-state index is 12.3. The zero-order chi connectivity index (χ0) is 30.2. The Morgan fingerprint density at radius 2 is 1.43 bits per heavy atom. The lowest BCUT2D eigenvalue weighted by molar-refractivity contribution is -0.124. The lowest BCUT2D eigenvalue weighted by atomic mass is 9.88. The zero-order valence-corrected chi connectivity index (χ0v) is 25.9. The summed E-state index contributed by atoms with van der Waals surface area (Å²) in [5.41, 5.74) is 5.76. The number of carbonyl (C=O) groups is 1. The van der Waals surface area contributed by atoms with Crippen LogP contribution in [0.5, 0.6) is 11.5 Å². The Bertz CT molecular complexity index is 1260. The third-order valence-corrected chi connectivity index (χ3v) is 7.47. The van der Waals surface area contributed by atoms with Crippen LogP contribution >= 0.6 is 0 Å². The van der Waals surface area contributed by atoms with Crippen LogP contribution in [0.25, 0.3) is 11.1 Å². The van der Waals surface area contributed by atoms with Crippen LogP contribution in [-0.4, -0.2) is 61.2 Å². The SMILES string of the molecule is CCCCCCCN(C)C(=O)/C=C/CN(C)CCOc1ccc(/C(=C(/CC)c2ccccc2)c2ccc(O)cc2)cc1. The first-order chi connectivity index (χ1) is 20.4. The zero-order valence-electron chi connectivity index (χ0n) is 25.9. The summed E-state index contributed by atoms with van der Waals surface area (Å²) >= 11 is 0. The molecule has 224 valence electrons. The van der Waals surface area contributed by atoms with Gasteiger partial charge in [0.1, 0.15) is 18.1 Å². The van der Waals surface area contributed by atoms with Gasteiger partial charge in [-0.3, -0.25) is 9.69 Å². The van der Waals surface area contributed by atoms with Gasteiger partial charge in [0.25, 0.3) is 0 Å². The van der Waals surface area contributed by atoms with Crippen LogP contribution in [0.1, 0.15) is 69.1 Å². The molecule has 0 aliphatic carbocycles. The number of hydrogen-bond donors (Lipinski definition) is 1. The molecule has 0 unspecified atom stereocenters. The van der Waals surface area contributed by atoms with Gasteiger partial charge in [-0.1, -0.05) is 100 Å². The van der Waals surface area contributed by atoms with Gasteiger partial charge in [0.15, 0.2) is 0 Å². The van der Waals surface area contributed by atoms with E-state index in [0.717, 1.165) is 48.4 Å². The first-order valence-corrected chi connectivity index (χ1v) is 15.3. The van der Waals surface area contributed by atoms with Gasteiger partial charge in [-0.2, -0.15) is 0 Å². The number of likely N-dealkylation sites (N-methyl/N-ethyl adjacent to an activating group) is 2. The number of carbonyl (C=O) groups excluding carboxylic acids is 1. The number of amides is 1. The quantitative estimate of drug-likeness (QED) is 0.102. The first-order valence-electron chi connectivity index (χ1n) is 15.3.